The molecule has 28 heavy (non-hydrogen) atoms. The van der Waals surface area contributed by atoms with Gasteiger partial charge in [0.15, 0.2) is 0 Å². The quantitative estimate of drug-likeness (QED) is 0.591. The molecule has 0 saturated heterocycles. The van der Waals surface area contributed by atoms with E-state index in [4.69, 9.17) is 11.6 Å². The molecule has 1 atom stereocenters. The molecule has 3 aromatic rings. The van der Waals surface area contributed by atoms with Crippen molar-refractivity contribution >= 4 is 23.3 Å². The SMILES string of the molecule is O=C(O)c1ccncc1NC[C@H]1NCc2cc(-c3ccc(Cl)cc3F)ccc21. The van der Waals surface area contributed by atoms with E-state index in [2.05, 4.69) is 15.6 Å². The van der Waals surface area contributed by atoms with Gasteiger partial charge in [-0.2, -0.15) is 0 Å². The summed E-state index contributed by atoms with van der Waals surface area (Å²) < 4.78 is 14.2. The van der Waals surface area contributed by atoms with Gasteiger partial charge in [0.25, 0.3) is 0 Å². The third-order valence-electron chi connectivity index (χ3n) is 4.85. The summed E-state index contributed by atoms with van der Waals surface area (Å²) in [5.74, 6) is -1.35. The van der Waals surface area contributed by atoms with Crippen LogP contribution in [0.5, 0.6) is 0 Å². The molecule has 0 aliphatic carbocycles. The Bertz CT molecular complexity index is 1060. The van der Waals surface area contributed by atoms with E-state index >= 15 is 0 Å². The molecule has 3 N–H and O–H groups in total. The maximum absolute atomic E-state index is 14.2. The highest BCUT2D eigenvalue weighted by molar-refractivity contribution is 6.30. The van der Waals surface area contributed by atoms with Crippen molar-refractivity contribution in [2.45, 2.75) is 12.6 Å². The van der Waals surface area contributed by atoms with Crippen LogP contribution >= 0.6 is 11.6 Å². The Morgan fingerprint density at radius 1 is 1.29 bits per heavy atom. The highest BCUT2D eigenvalue weighted by Gasteiger charge is 2.23. The highest BCUT2D eigenvalue weighted by Crippen LogP contribution is 2.32. The molecular weight excluding hydrogens is 381 g/mol. The number of hydrogen-bond donors (Lipinski definition) is 3. The number of carboxylic acid groups (broad SMARTS) is 1. The lowest BCUT2D eigenvalue weighted by molar-refractivity contribution is 0.0698. The molecule has 142 valence electrons. The summed E-state index contributed by atoms with van der Waals surface area (Å²) in [6.45, 7) is 1.16. The van der Waals surface area contributed by atoms with Gasteiger partial charge in [-0.25, -0.2) is 9.18 Å². The number of fused-ring (bicyclic) bond motifs is 1. The summed E-state index contributed by atoms with van der Waals surface area (Å²) in [6.07, 6.45) is 2.96. The first-order valence-electron chi connectivity index (χ1n) is 8.76. The number of rotatable bonds is 5. The highest BCUT2D eigenvalue weighted by atomic mass is 35.5. The number of anilines is 1. The van der Waals surface area contributed by atoms with Crippen LogP contribution in [0, 0.1) is 5.82 Å². The summed E-state index contributed by atoms with van der Waals surface area (Å²) in [5, 5.41) is 16.2. The summed E-state index contributed by atoms with van der Waals surface area (Å²) in [6, 6.07) is 12.0. The number of pyridine rings is 1. The number of aromatic nitrogens is 1. The molecule has 0 amide bonds. The minimum Gasteiger partial charge on any atom is -0.478 e. The minimum atomic E-state index is -1.00. The molecule has 4 rings (SSSR count). The van der Waals surface area contributed by atoms with Gasteiger partial charge in [0.05, 0.1) is 23.5 Å². The van der Waals surface area contributed by atoms with Gasteiger partial charge in [-0.1, -0.05) is 23.7 Å². The molecule has 0 saturated carbocycles. The van der Waals surface area contributed by atoms with E-state index in [1.54, 1.807) is 12.1 Å². The van der Waals surface area contributed by atoms with E-state index in [1.165, 1.54) is 24.5 Å². The van der Waals surface area contributed by atoms with Crippen molar-refractivity contribution in [1.82, 2.24) is 10.3 Å². The number of nitrogens with one attached hydrogen (secondary N) is 2. The first-order chi connectivity index (χ1) is 13.5. The third-order valence-corrected chi connectivity index (χ3v) is 5.08. The summed E-state index contributed by atoms with van der Waals surface area (Å²) in [4.78, 5) is 15.3. The molecular formula is C21H17ClFN3O2. The molecule has 2 heterocycles. The van der Waals surface area contributed by atoms with Crippen LogP contribution in [0.3, 0.4) is 0 Å². The molecule has 2 aromatic carbocycles. The number of aromatic carboxylic acids is 1. The van der Waals surface area contributed by atoms with E-state index in [9.17, 15) is 14.3 Å². The molecule has 0 radical (unpaired) electrons. The number of hydrogen-bond acceptors (Lipinski definition) is 4. The maximum atomic E-state index is 14.2. The zero-order chi connectivity index (χ0) is 19.7. The average molecular weight is 398 g/mol. The molecule has 1 aromatic heterocycles. The third kappa shape index (κ3) is 3.56. The van der Waals surface area contributed by atoms with E-state index in [0.29, 0.717) is 29.4 Å². The predicted octanol–water partition coefficient (Wildman–Crippen LogP) is 4.50. The summed E-state index contributed by atoms with van der Waals surface area (Å²) in [7, 11) is 0. The second kappa shape index (κ2) is 7.58. The topological polar surface area (TPSA) is 74.2 Å². The Kier molecular flexibility index (Phi) is 4.98. The second-order valence-electron chi connectivity index (χ2n) is 6.58. The number of nitrogens with zero attached hydrogens (tertiary/aromatic N) is 1. The van der Waals surface area contributed by atoms with Gasteiger partial charge in [0.1, 0.15) is 5.82 Å². The monoisotopic (exact) mass is 397 g/mol. The Hall–Kier alpha value is -2.96. The lowest BCUT2D eigenvalue weighted by Crippen LogP contribution is -2.22. The van der Waals surface area contributed by atoms with Gasteiger partial charge in [-0.05, 0) is 47.0 Å². The lowest BCUT2D eigenvalue weighted by Gasteiger charge is -2.15. The normalized spacial score (nSPS) is 15.3. The minimum absolute atomic E-state index is 0.0148. The van der Waals surface area contributed by atoms with Crippen LogP contribution in [-0.2, 0) is 6.54 Å². The zero-order valence-corrected chi connectivity index (χ0v) is 15.5. The molecule has 0 fully saturated rings. The van der Waals surface area contributed by atoms with E-state index < -0.39 is 5.97 Å². The van der Waals surface area contributed by atoms with Crippen LogP contribution < -0.4 is 10.6 Å². The van der Waals surface area contributed by atoms with Gasteiger partial charge >= 0.3 is 5.97 Å². The van der Waals surface area contributed by atoms with Crippen molar-refractivity contribution in [2.24, 2.45) is 0 Å². The number of benzene rings is 2. The van der Waals surface area contributed by atoms with Crippen LogP contribution in [0.4, 0.5) is 10.1 Å². The Labute approximate surface area is 166 Å². The molecule has 0 spiro atoms. The largest absolute Gasteiger partial charge is 0.478 e. The summed E-state index contributed by atoms with van der Waals surface area (Å²) >= 11 is 5.84. The number of carboxylic acids is 1. The Balaban J connectivity index is 1.53. The average Bonchev–Trinajstić information content (AvgIpc) is 3.08. The Morgan fingerprint density at radius 2 is 2.14 bits per heavy atom. The molecule has 1 aliphatic heterocycles. The maximum Gasteiger partial charge on any atom is 0.337 e. The van der Waals surface area contributed by atoms with E-state index in [0.717, 1.165) is 16.7 Å². The predicted molar refractivity (Wildman–Crippen MR) is 106 cm³/mol. The van der Waals surface area contributed by atoms with Gasteiger partial charge < -0.3 is 15.7 Å². The van der Waals surface area contributed by atoms with Crippen molar-refractivity contribution < 1.29 is 14.3 Å². The molecule has 7 heteroatoms. The Morgan fingerprint density at radius 3 is 2.93 bits per heavy atom. The fourth-order valence-corrected chi connectivity index (χ4v) is 3.61. The van der Waals surface area contributed by atoms with Crippen LogP contribution in [0.15, 0.2) is 54.9 Å². The van der Waals surface area contributed by atoms with Gasteiger partial charge in [0, 0.05) is 29.9 Å². The van der Waals surface area contributed by atoms with Crippen LogP contribution in [-0.4, -0.2) is 22.6 Å². The van der Waals surface area contributed by atoms with Gasteiger partial charge in [0.2, 0.25) is 0 Å². The van der Waals surface area contributed by atoms with Crippen LogP contribution in [0.25, 0.3) is 11.1 Å². The van der Waals surface area contributed by atoms with Crippen LogP contribution in [0.2, 0.25) is 5.02 Å². The van der Waals surface area contributed by atoms with Crippen LogP contribution in [0.1, 0.15) is 27.5 Å². The van der Waals surface area contributed by atoms with Crippen molar-refractivity contribution in [3.05, 3.63) is 82.4 Å². The molecule has 0 unspecified atom stereocenters. The van der Waals surface area contributed by atoms with Crippen molar-refractivity contribution in [3.8, 4) is 11.1 Å². The van der Waals surface area contributed by atoms with E-state index in [1.807, 2.05) is 18.2 Å². The van der Waals surface area contributed by atoms with Gasteiger partial charge in [-0.15, -0.1) is 0 Å². The fraction of sp³-hybridized carbons (Fsp3) is 0.143. The number of halogens is 2. The molecule has 5 nitrogen and oxygen atoms in total. The second-order valence-corrected chi connectivity index (χ2v) is 7.01. The standard InChI is InChI=1S/C21H17ClFN3O2/c22-14-2-4-15(18(23)8-14)12-1-3-16-13(7-12)9-25-20(16)11-26-19-10-24-6-5-17(19)21(27)28/h1-8,10,20,25-26H,9,11H2,(H,27,28)/t20-/m1/s1. The summed E-state index contributed by atoms with van der Waals surface area (Å²) in [5.41, 5.74) is 4.15. The first-order valence-corrected chi connectivity index (χ1v) is 9.13. The van der Waals surface area contributed by atoms with Crippen molar-refractivity contribution in [1.29, 1.82) is 0 Å². The number of carbonyl (C=O) groups is 1. The lowest BCUT2D eigenvalue weighted by atomic mass is 9.98. The van der Waals surface area contributed by atoms with Crippen molar-refractivity contribution in [3.63, 3.8) is 0 Å². The first kappa shape index (κ1) is 18.4. The van der Waals surface area contributed by atoms with E-state index in [-0.39, 0.29) is 17.4 Å². The zero-order valence-electron chi connectivity index (χ0n) is 14.7. The fourth-order valence-electron chi connectivity index (χ4n) is 3.45. The molecule has 0 bridgehead atoms. The van der Waals surface area contributed by atoms with Gasteiger partial charge in [-0.3, -0.25) is 4.98 Å². The van der Waals surface area contributed by atoms with Crippen molar-refractivity contribution in [2.75, 3.05) is 11.9 Å². The molecule has 1 aliphatic rings. The smallest absolute Gasteiger partial charge is 0.337 e.